The van der Waals surface area contributed by atoms with Gasteiger partial charge in [-0.3, -0.25) is 4.79 Å². The van der Waals surface area contributed by atoms with Gasteiger partial charge in [-0.15, -0.1) is 0 Å². The quantitative estimate of drug-likeness (QED) is 0.783. The first-order valence-corrected chi connectivity index (χ1v) is 6.56. The first-order valence-electron chi connectivity index (χ1n) is 6.56. The molecule has 1 aromatic carbocycles. The molecule has 0 aliphatic rings. The maximum atomic E-state index is 11.8. The summed E-state index contributed by atoms with van der Waals surface area (Å²) >= 11 is 0. The number of rotatable bonds is 2. The van der Waals surface area contributed by atoms with Crippen LogP contribution >= 0.6 is 0 Å². The highest BCUT2D eigenvalue weighted by atomic mass is 16.5. The maximum Gasteiger partial charge on any atom is 0.250 e. The molecule has 0 atom stereocenters. The van der Waals surface area contributed by atoms with Crippen molar-refractivity contribution >= 4 is 5.88 Å². The van der Waals surface area contributed by atoms with E-state index in [9.17, 15) is 4.79 Å². The summed E-state index contributed by atoms with van der Waals surface area (Å²) in [5.74, 6) is 0.250. The van der Waals surface area contributed by atoms with E-state index in [1.54, 1.807) is 13.2 Å². The monoisotopic (exact) mass is 281 g/mol. The highest BCUT2D eigenvalue weighted by Gasteiger charge is 2.19. The van der Waals surface area contributed by atoms with E-state index in [4.69, 9.17) is 10.3 Å². The van der Waals surface area contributed by atoms with Gasteiger partial charge in [0.1, 0.15) is 5.69 Å². The van der Waals surface area contributed by atoms with Crippen LogP contribution in [-0.4, -0.2) is 9.72 Å². The SMILES string of the molecule is Cc1ccccc1-c1c(-c2ccn(C)c(=O)c2)noc1N. The molecule has 0 spiro atoms. The molecule has 0 fully saturated rings. The molecule has 0 saturated carbocycles. The summed E-state index contributed by atoms with van der Waals surface area (Å²) in [6.45, 7) is 2.00. The van der Waals surface area contributed by atoms with Gasteiger partial charge >= 0.3 is 0 Å². The van der Waals surface area contributed by atoms with Crippen molar-refractivity contribution in [2.45, 2.75) is 6.92 Å². The van der Waals surface area contributed by atoms with Crippen LogP contribution in [0.15, 0.2) is 51.9 Å². The zero-order valence-corrected chi connectivity index (χ0v) is 11.8. The van der Waals surface area contributed by atoms with Gasteiger partial charge < -0.3 is 14.8 Å². The molecular weight excluding hydrogens is 266 g/mol. The number of nitrogen functional groups attached to an aromatic ring is 1. The average molecular weight is 281 g/mol. The summed E-state index contributed by atoms with van der Waals surface area (Å²) in [6, 6.07) is 11.2. The van der Waals surface area contributed by atoms with Crippen LogP contribution in [0.1, 0.15) is 5.56 Å². The molecule has 2 aromatic heterocycles. The Labute approximate surface area is 121 Å². The molecular formula is C16H15N3O2. The summed E-state index contributed by atoms with van der Waals surface area (Å²) in [5, 5.41) is 4.03. The van der Waals surface area contributed by atoms with E-state index >= 15 is 0 Å². The number of aryl methyl sites for hydroxylation is 2. The minimum Gasteiger partial charge on any atom is -0.367 e. The average Bonchev–Trinajstić information content (AvgIpc) is 2.84. The molecule has 0 aliphatic carbocycles. The molecule has 0 amide bonds. The number of anilines is 1. The lowest BCUT2D eigenvalue weighted by atomic mass is 9.98. The number of pyridine rings is 1. The van der Waals surface area contributed by atoms with Crippen molar-refractivity contribution in [3.63, 3.8) is 0 Å². The largest absolute Gasteiger partial charge is 0.367 e. The Morgan fingerprint density at radius 1 is 1.24 bits per heavy atom. The number of nitrogens with zero attached hydrogens (tertiary/aromatic N) is 2. The van der Waals surface area contributed by atoms with E-state index in [0.29, 0.717) is 11.3 Å². The minimum absolute atomic E-state index is 0.107. The summed E-state index contributed by atoms with van der Waals surface area (Å²) in [5.41, 5.74) is 9.84. The van der Waals surface area contributed by atoms with E-state index in [2.05, 4.69) is 5.16 Å². The van der Waals surface area contributed by atoms with Crippen LogP contribution in [0.5, 0.6) is 0 Å². The van der Waals surface area contributed by atoms with Gasteiger partial charge in [0.25, 0.3) is 5.56 Å². The molecule has 0 bridgehead atoms. The third kappa shape index (κ3) is 2.23. The van der Waals surface area contributed by atoms with Gasteiger partial charge in [0.15, 0.2) is 0 Å². The standard InChI is InChI=1S/C16H15N3O2/c1-10-5-3-4-6-12(10)14-15(18-21-16(14)17)11-7-8-19(2)13(20)9-11/h3-9H,17H2,1-2H3. The maximum absolute atomic E-state index is 11.8. The van der Waals surface area contributed by atoms with Crippen LogP contribution in [0.25, 0.3) is 22.4 Å². The van der Waals surface area contributed by atoms with Gasteiger partial charge in [-0.1, -0.05) is 29.4 Å². The second-order valence-electron chi connectivity index (χ2n) is 4.95. The number of aromatic nitrogens is 2. The summed E-state index contributed by atoms with van der Waals surface area (Å²) in [4.78, 5) is 11.8. The summed E-state index contributed by atoms with van der Waals surface area (Å²) in [7, 11) is 1.70. The molecule has 5 nitrogen and oxygen atoms in total. The van der Waals surface area contributed by atoms with E-state index in [-0.39, 0.29) is 11.4 Å². The highest BCUT2D eigenvalue weighted by Crippen LogP contribution is 2.37. The molecule has 3 aromatic rings. The summed E-state index contributed by atoms with van der Waals surface area (Å²) in [6.07, 6.45) is 1.70. The van der Waals surface area contributed by atoms with E-state index in [1.165, 1.54) is 10.6 Å². The minimum atomic E-state index is -0.107. The molecule has 0 saturated heterocycles. The third-order valence-corrected chi connectivity index (χ3v) is 3.51. The molecule has 0 unspecified atom stereocenters. The Hall–Kier alpha value is -2.82. The molecule has 21 heavy (non-hydrogen) atoms. The zero-order chi connectivity index (χ0) is 15.0. The van der Waals surface area contributed by atoms with Crippen molar-refractivity contribution in [1.29, 1.82) is 0 Å². The van der Waals surface area contributed by atoms with Crippen molar-refractivity contribution in [3.05, 3.63) is 58.5 Å². The topological polar surface area (TPSA) is 74.0 Å². The lowest BCUT2D eigenvalue weighted by Crippen LogP contribution is -2.14. The van der Waals surface area contributed by atoms with Crippen LogP contribution in [-0.2, 0) is 7.05 Å². The highest BCUT2D eigenvalue weighted by molar-refractivity contribution is 5.87. The Kier molecular flexibility index (Phi) is 3.10. The fourth-order valence-corrected chi connectivity index (χ4v) is 2.31. The van der Waals surface area contributed by atoms with Gasteiger partial charge in [0, 0.05) is 24.9 Å². The zero-order valence-electron chi connectivity index (χ0n) is 11.8. The molecule has 5 heteroatoms. The molecule has 2 heterocycles. The first kappa shape index (κ1) is 13.2. The predicted octanol–water partition coefficient (Wildman–Crippen LogP) is 2.60. The second-order valence-corrected chi connectivity index (χ2v) is 4.95. The smallest absolute Gasteiger partial charge is 0.250 e. The van der Waals surface area contributed by atoms with Crippen LogP contribution < -0.4 is 11.3 Å². The Bertz CT molecular complexity index is 862. The van der Waals surface area contributed by atoms with Crippen LogP contribution in [0.3, 0.4) is 0 Å². The second kappa shape index (κ2) is 4.94. The molecule has 0 aliphatic heterocycles. The Morgan fingerprint density at radius 2 is 2.00 bits per heavy atom. The molecule has 106 valence electrons. The fourth-order valence-electron chi connectivity index (χ4n) is 2.31. The first-order chi connectivity index (χ1) is 10.1. The van der Waals surface area contributed by atoms with Crippen molar-refractivity contribution in [2.75, 3.05) is 5.73 Å². The van der Waals surface area contributed by atoms with Crippen molar-refractivity contribution in [1.82, 2.24) is 9.72 Å². The molecule has 2 N–H and O–H groups in total. The predicted molar refractivity (Wildman–Crippen MR) is 81.8 cm³/mol. The van der Waals surface area contributed by atoms with Gasteiger partial charge in [-0.2, -0.15) is 0 Å². The van der Waals surface area contributed by atoms with E-state index in [1.807, 2.05) is 37.3 Å². The van der Waals surface area contributed by atoms with Crippen LogP contribution in [0, 0.1) is 6.92 Å². The van der Waals surface area contributed by atoms with Gasteiger partial charge in [-0.05, 0) is 24.1 Å². The molecule has 3 rings (SSSR count). The lowest BCUT2D eigenvalue weighted by molar-refractivity contribution is 0.439. The number of hydrogen-bond acceptors (Lipinski definition) is 4. The van der Waals surface area contributed by atoms with Gasteiger partial charge in [-0.25, -0.2) is 0 Å². The van der Waals surface area contributed by atoms with Crippen molar-refractivity contribution < 1.29 is 4.52 Å². The van der Waals surface area contributed by atoms with E-state index in [0.717, 1.165) is 16.7 Å². The Balaban J connectivity index is 2.24. The molecule has 0 radical (unpaired) electrons. The number of nitrogens with two attached hydrogens (primary N) is 1. The summed E-state index contributed by atoms with van der Waals surface area (Å²) < 4.78 is 6.65. The Morgan fingerprint density at radius 3 is 2.71 bits per heavy atom. The van der Waals surface area contributed by atoms with Crippen molar-refractivity contribution in [3.8, 4) is 22.4 Å². The number of hydrogen-bond donors (Lipinski definition) is 1. The van der Waals surface area contributed by atoms with Crippen LogP contribution in [0.4, 0.5) is 5.88 Å². The lowest BCUT2D eigenvalue weighted by Gasteiger charge is -2.06. The van der Waals surface area contributed by atoms with Crippen LogP contribution in [0.2, 0.25) is 0 Å². The van der Waals surface area contributed by atoms with Crippen molar-refractivity contribution in [2.24, 2.45) is 7.05 Å². The third-order valence-electron chi connectivity index (χ3n) is 3.51. The van der Waals surface area contributed by atoms with Gasteiger partial charge in [0.05, 0.1) is 5.56 Å². The van der Waals surface area contributed by atoms with E-state index < -0.39 is 0 Å². The van der Waals surface area contributed by atoms with Gasteiger partial charge in [0.2, 0.25) is 5.88 Å². The number of benzene rings is 1. The fraction of sp³-hybridized carbons (Fsp3) is 0.125. The normalized spacial score (nSPS) is 10.8.